The topological polar surface area (TPSA) is 170 Å². The average molecular weight is 210 g/mol. The molecule has 0 radical (unpaired) electrons. The van der Waals surface area contributed by atoms with E-state index < -0.39 is 30.3 Å². The van der Waals surface area contributed by atoms with Crippen molar-refractivity contribution in [3.05, 3.63) is 0 Å². The number of carbonyl (C=O) groups excluding carboxylic acids is 1. The number of carbonyl (C=O) groups is 1. The lowest BCUT2D eigenvalue weighted by Gasteiger charge is -2.31. The van der Waals surface area contributed by atoms with E-state index in [-0.39, 0.29) is 6.29 Å². The number of nitrogens with two attached hydrogens (primary N) is 2. The second-order valence-corrected chi connectivity index (χ2v) is 2.94. The van der Waals surface area contributed by atoms with Crippen molar-refractivity contribution < 1.29 is 30.3 Å². The van der Waals surface area contributed by atoms with Crippen molar-refractivity contribution in [2.75, 3.05) is 0 Å². The highest BCUT2D eigenvalue weighted by Gasteiger charge is 2.39. The molecular formula is C6H14N2O6. The predicted molar refractivity (Wildman–Crippen MR) is 43.4 cm³/mol. The Kier molecular flexibility index (Phi) is 4.55. The lowest BCUT2D eigenvalue weighted by Crippen LogP contribution is -2.65. The monoisotopic (exact) mass is 210 g/mol. The minimum absolute atomic E-state index is 0.0489. The van der Waals surface area contributed by atoms with E-state index in [2.05, 4.69) is 0 Å². The summed E-state index contributed by atoms with van der Waals surface area (Å²) in [6, 6.07) is 0. The maximum atomic E-state index is 10.00. The highest BCUT2D eigenvalue weighted by molar-refractivity contribution is 5.56. The summed E-state index contributed by atoms with van der Waals surface area (Å²) in [7, 11) is 0. The van der Waals surface area contributed by atoms with Crippen LogP contribution in [0.4, 0.5) is 0 Å². The molecule has 4 atom stereocenters. The van der Waals surface area contributed by atoms with Crippen LogP contribution in [-0.4, -0.2) is 62.1 Å². The van der Waals surface area contributed by atoms with Crippen molar-refractivity contribution in [1.29, 1.82) is 0 Å². The van der Waals surface area contributed by atoms with Gasteiger partial charge in [-0.05, 0) is 0 Å². The van der Waals surface area contributed by atoms with Gasteiger partial charge in [0.2, 0.25) is 0 Å². The third-order valence-corrected chi connectivity index (χ3v) is 1.64. The predicted octanol–water partition coefficient (Wildman–Crippen LogP) is -4.81. The summed E-state index contributed by atoms with van der Waals surface area (Å²) in [6.45, 7) is 0. The number of aliphatic hydroxyl groups excluding tert-OH is 4. The second kappa shape index (κ2) is 4.75. The lowest BCUT2D eigenvalue weighted by atomic mass is 10.0. The Bertz CT molecular complexity index is 193. The van der Waals surface area contributed by atoms with Crippen LogP contribution in [0.2, 0.25) is 0 Å². The normalized spacial score (nSPS) is 21.1. The summed E-state index contributed by atoms with van der Waals surface area (Å²) in [5.41, 5.74) is 9.60. The summed E-state index contributed by atoms with van der Waals surface area (Å²) in [6.07, 6.45) is -8.09. The van der Waals surface area contributed by atoms with Crippen LogP contribution < -0.4 is 11.5 Å². The second-order valence-electron chi connectivity index (χ2n) is 2.94. The summed E-state index contributed by atoms with van der Waals surface area (Å²) in [5.74, 6) is -2.64. The van der Waals surface area contributed by atoms with Crippen molar-refractivity contribution in [3.8, 4) is 0 Å². The van der Waals surface area contributed by atoms with E-state index in [0.717, 1.165) is 0 Å². The first-order valence-electron chi connectivity index (χ1n) is 3.69. The third kappa shape index (κ3) is 3.27. The first-order chi connectivity index (χ1) is 6.21. The summed E-state index contributed by atoms with van der Waals surface area (Å²) >= 11 is 0. The summed E-state index contributed by atoms with van der Waals surface area (Å²) in [4.78, 5) is 10.00. The molecule has 0 aromatic carbocycles. The van der Waals surface area contributed by atoms with Gasteiger partial charge in [-0.15, -0.1) is 0 Å². The molecule has 0 aromatic rings. The first-order valence-corrected chi connectivity index (χ1v) is 3.69. The van der Waals surface area contributed by atoms with Gasteiger partial charge >= 0.3 is 0 Å². The van der Waals surface area contributed by atoms with E-state index in [0.29, 0.717) is 0 Å². The standard InChI is InChI=1S/C6H14N2O6/c7-6(8,14)5(13)4(12)3(11)2(10)1-9/h1-5,10-14H,7-8H2/t2-,3-,4-,5-/m0/s1. The van der Waals surface area contributed by atoms with Crippen molar-refractivity contribution in [3.63, 3.8) is 0 Å². The molecule has 0 fully saturated rings. The molecule has 0 spiro atoms. The molecule has 0 aliphatic heterocycles. The van der Waals surface area contributed by atoms with Gasteiger partial charge in [0.25, 0.3) is 0 Å². The minimum atomic E-state index is -2.64. The molecule has 0 heterocycles. The van der Waals surface area contributed by atoms with Crippen LogP contribution >= 0.6 is 0 Å². The Labute approximate surface area is 79.4 Å². The number of rotatable bonds is 5. The Balaban J connectivity index is 4.46. The molecule has 0 unspecified atom stereocenters. The van der Waals surface area contributed by atoms with Crippen LogP contribution in [0.1, 0.15) is 0 Å². The van der Waals surface area contributed by atoms with Gasteiger partial charge in [0.15, 0.2) is 12.1 Å². The van der Waals surface area contributed by atoms with Gasteiger partial charge in [0, 0.05) is 0 Å². The van der Waals surface area contributed by atoms with Gasteiger partial charge in [-0.2, -0.15) is 0 Å². The molecule has 0 aliphatic rings. The highest BCUT2D eigenvalue weighted by atomic mass is 16.4. The van der Waals surface area contributed by atoms with Crippen LogP contribution in [0, 0.1) is 0 Å². The Hall–Kier alpha value is -0.610. The van der Waals surface area contributed by atoms with Crippen LogP contribution in [-0.2, 0) is 4.79 Å². The van der Waals surface area contributed by atoms with Gasteiger partial charge < -0.3 is 30.3 Å². The largest absolute Gasteiger partial charge is 0.387 e. The molecule has 0 saturated heterocycles. The molecule has 8 heteroatoms. The zero-order valence-electron chi connectivity index (χ0n) is 7.19. The smallest absolute Gasteiger partial charge is 0.196 e. The fourth-order valence-corrected chi connectivity index (χ4v) is 0.743. The fourth-order valence-electron chi connectivity index (χ4n) is 0.743. The van der Waals surface area contributed by atoms with E-state index in [9.17, 15) is 4.79 Å². The number of aldehydes is 1. The highest BCUT2D eigenvalue weighted by Crippen LogP contribution is 2.08. The fraction of sp³-hybridized carbons (Fsp3) is 0.833. The number of hydrogen-bond donors (Lipinski definition) is 7. The molecular weight excluding hydrogens is 196 g/mol. The maximum Gasteiger partial charge on any atom is 0.196 e. The van der Waals surface area contributed by atoms with Gasteiger partial charge in [0.05, 0.1) is 0 Å². The number of hydrogen-bond acceptors (Lipinski definition) is 8. The zero-order valence-corrected chi connectivity index (χ0v) is 7.19. The van der Waals surface area contributed by atoms with Crippen molar-refractivity contribution in [2.24, 2.45) is 11.5 Å². The SMILES string of the molecule is NC(N)(O)[C@@H](O)[C@@H](O)[C@@H](O)[C@@H](O)C=O. The van der Waals surface area contributed by atoms with Crippen LogP contribution in [0.3, 0.4) is 0 Å². The molecule has 9 N–H and O–H groups in total. The Morgan fingerprint density at radius 3 is 1.79 bits per heavy atom. The quantitative estimate of drug-likeness (QED) is 0.175. The van der Waals surface area contributed by atoms with Crippen LogP contribution in [0.25, 0.3) is 0 Å². The molecule has 0 bridgehead atoms. The van der Waals surface area contributed by atoms with E-state index in [1.807, 2.05) is 0 Å². The van der Waals surface area contributed by atoms with Gasteiger partial charge in [-0.3, -0.25) is 11.5 Å². The molecule has 0 rings (SSSR count). The first kappa shape index (κ1) is 13.4. The van der Waals surface area contributed by atoms with Gasteiger partial charge in [-0.25, -0.2) is 0 Å². The summed E-state index contributed by atoms with van der Waals surface area (Å²) < 4.78 is 0. The average Bonchev–Trinajstić information content (AvgIpc) is 2.11. The molecule has 0 aromatic heterocycles. The van der Waals surface area contributed by atoms with Crippen molar-refractivity contribution in [2.45, 2.75) is 30.3 Å². The van der Waals surface area contributed by atoms with Gasteiger partial charge in [0.1, 0.15) is 24.4 Å². The Morgan fingerprint density at radius 2 is 1.50 bits per heavy atom. The zero-order chi connectivity index (χ0) is 11.5. The van der Waals surface area contributed by atoms with Crippen molar-refractivity contribution >= 4 is 6.29 Å². The molecule has 0 saturated carbocycles. The minimum Gasteiger partial charge on any atom is -0.387 e. The van der Waals surface area contributed by atoms with E-state index in [1.165, 1.54) is 0 Å². The van der Waals surface area contributed by atoms with Gasteiger partial charge in [-0.1, -0.05) is 0 Å². The molecule has 14 heavy (non-hydrogen) atoms. The van der Waals surface area contributed by atoms with Crippen LogP contribution in [0.5, 0.6) is 0 Å². The van der Waals surface area contributed by atoms with E-state index in [4.69, 9.17) is 37.0 Å². The molecule has 0 aliphatic carbocycles. The van der Waals surface area contributed by atoms with Crippen molar-refractivity contribution in [1.82, 2.24) is 0 Å². The summed E-state index contributed by atoms with van der Waals surface area (Å²) in [5, 5.41) is 44.7. The molecule has 0 amide bonds. The van der Waals surface area contributed by atoms with E-state index in [1.54, 1.807) is 0 Å². The lowest BCUT2D eigenvalue weighted by molar-refractivity contribution is -0.167. The van der Waals surface area contributed by atoms with E-state index >= 15 is 0 Å². The third-order valence-electron chi connectivity index (χ3n) is 1.64. The number of aliphatic hydroxyl groups is 5. The molecule has 84 valence electrons. The van der Waals surface area contributed by atoms with Crippen LogP contribution in [0.15, 0.2) is 0 Å². The maximum absolute atomic E-state index is 10.00. The molecule has 8 nitrogen and oxygen atoms in total. The Morgan fingerprint density at radius 1 is 1.07 bits per heavy atom.